The Bertz CT molecular complexity index is 933. The second-order valence-electron chi connectivity index (χ2n) is 8.64. The third-order valence-electron chi connectivity index (χ3n) is 6.44. The Morgan fingerprint density at radius 2 is 1.90 bits per heavy atom. The van der Waals surface area contributed by atoms with E-state index in [1.165, 1.54) is 12.1 Å². The van der Waals surface area contributed by atoms with Crippen LogP contribution in [0.5, 0.6) is 6.01 Å². The zero-order chi connectivity index (χ0) is 20.2. The number of carbonyl (C=O) groups is 1. The average Bonchev–Trinajstić information content (AvgIpc) is 3.03. The molecule has 1 aliphatic heterocycles. The molecule has 2 bridgehead atoms. The van der Waals surface area contributed by atoms with Crippen LogP contribution in [0.4, 0.5) is 13.2 Å². The Hall–Kier alpha value is -2.64. The van der Waals surface area contributed by atoms with Gasteiger partial charge in [0.2, 0.25) is 5.91 Å². The normalized spacial score (nSPS) is 32.4. The van der Waals surface area contributed by atoms with Crippen molar-refractivity contribution in [3.05, 3.63) is 53.9 Å². The highest BCUT2D eigenvalue weighted by Crippen LogP contribution is 2.74. The van der Waals surface area contributed by atoms with Gasteiger partial charge < -0.3 is 9.64 Å². The van der Waals surface area contributed by atoms with Crippen LogP contribution >= 0.6 is 0 Å². The molecule has 1 saturated heterocycles. The Morgan fingerprint density at radius 1 is 1.17 bits per heavy atom. The number of halogens is 3. The molecule has 29 heavy (non-hydrogen) atoms. The first-order chi connectivity index (χ1) is 13.9. The van der Waals surface area contributed by atoms with E-state index in [2.05, 4.69) is 9.97 Å². The second kappa shape index (κ2) is 6.43. The van der Waals surface area contributed by atoms with Gasteiger partial charge in [0.15, 0.2) is 5.82 Å². The van der Waals surface area contributed by atoms with Crippen molar-refractivity contribution in [3.8, 4) is 6.01 Å². The van der Waals surface area contributed by atoms with Gasteiger partial charge >= 0.3 is 6.01 Å². The van der Waals surface area contributed by atoms with Gasteiger partial charge in [-0.2, -0.15) is 0 Å². The topological polar surface area (TPSA) is 55.3 Å². The highest BCUT2D eigenvalue weighted by molar-refractivity contribution is 5.87. The first-order valence-corrected chi connectivity index (χ1v) is 9.69. The van der Waals surface area contributed by atoms with Crippen LogP contribution in [0.25, 0.3) is 0 Å². The van der Waals surface area contributed by atoms with E-state index >= 15 is 0 Å². The van der Waals surface area contributed by atoms with E-state index in [1.807, 2.05) is 0 Å². The van der Waals surface area contributed by atoms with Gasteiger partial charge in [-0.05, 0) is 37.0 Å². The van der Waals surface area contributed by atoms with E-state index in [0.717, 1.165) is 12.4 Å². The van der Waals surface area contributed by atoms with Gasteiger partial charge in [-0.1, -0.05) is 12.1 Å². The van der Waals surface area contributed by atoms with Gasteiger partial charge in [0, 0.05) is 11.8 Å². The second-order valence-corrected chi connectivity index (χ2v) is 8.64. The molecule has 0 radical (unpaired) electrons. The van der Waals surface area contributed by atoms with Crippen molar-refractivity contribution in [1.82, 2.24) is 14.9 Å². The third-order valence-corrected chi connectivity index (χ3v) is 6.44. The van der Waals surface area contributed by atoms with Gasteiger partial charge in [0.25, 0.3) is 0 Å². The van der Waals surface area contributed by atoms with Crippen molar-refractivity contribution in [2.75, 3.05) is 13.2 Å². The van der Waals surface area contributed by atoms with Crippen LogP contribution in [0.15, 0.2) is 36.7 Å². The molecule has 8 heteroatoms. The minimum Gasteiger partial charge on any atom is -0.463 e. The lowest BCUT2D eigenvalue weighted by atomic mass is 9.35. The number of alkyl halides is 1. The van der Waals surface area contributed by atoms with Gasteiger partial charge in [-0.15, -0.1) is 0 Å². The van der Waals surface area contributed by atoms with E-state index in [1.54, 1.807) is 17.0 Å². The smallest absolute Gasteiger partial charge is 0.316 e. The lowest BCUT2D eigenvalue weighted by molar-refractivity contribution is -0.226. The zero-order valence-electron chi connectivity index (χ0n) is 15.7. The SMILES string of the molecule is O=C(N1CC(F)CC1c1cccc(F)c1)C12CC(COc3ncc(F)cn3)(C1)C2. The molecule has 1 aromatic heterocycles. The maximum atomic E-state index is 14.2. The summed E-state index contributed by atoms with van der Waals surface area (Å²) in [5.74, 6) is -0.967. The van der Waals surface area contributed by atoms with Crippen molar-refractivity contribution in [2.45, 2.75) is 37.9 Å². The molecule has 2 atom stereocenters. The first kappa shape index (κ1) is 18.4. The summed E-state index contributed by atoms with van der Waals surface area (Å²) in [4.78, 5) is 22.4. The Labute approximate surface area is 165 Å². The van der Waals surface area contributed by atoms with Crippen LogP contribution in [-0.4, -0.2) is 40.1 Å². The van der Waals surface area contributed by atoms with Crippen molar-refractivity contribution in [2.24, 2.45) is 10.8 Å². The van der Waals surface area contributed by atoms with Crippen molar-refractivity contribution in [1.29, 1.82) is 0 Å². The van der Waals surface area contributed by atoms with Crippen LogP contribution in [0, 0.1) is 22.5 Å². The maximum absolute atomic E-state index is 14.2. The summed E-state index contributed by atoms with van der Waals surface area (Å²) in [6.07, 6.45) is 3.19. The highest BCUT2D eigenvalue weighted by Gasteiger charge is 2.72. The standard InChI is InChI=1S/C21H20F3N3O2/c22-14-3-1-2-13(4-14)17-5-15(23)8-27(17)18(28)21-9-20(10-21,11-21)12-29-19-25-6-16(24)7-26-19/h1-4,6-7,15,17H,5,8-12H2. The van der Waals surface area contributed by atoms with E-state index in [9.17, 15) is 18.0 Å². The lowest BCUT2D eigenvalue weighted by Gasteiger charge is -2.69. The number of rotatable bonds is 5. The maximum Gasteiger partial charge on any atom is 0.316 e. The van der Waals surface area contributed by atoms with E-state index in [4.69, 9.17) is 4.74 Å². The molecule has 4 fully saturated rings. The molecular formula is C21H20F3N3O2. The molecule has 3 aliphatic carbocycles. The molecule has 4 aliphatic rings. The van der Waals surface area contributed by atoms with Gasteiger partial charge in [0.05, 0.1) is 37.0 Å². The molecule has 152 valence electrons. The molecule has 5 nitrogen and oxygen atoms in total. The van der Waals surface area contributed by atoms with Crippen molar-refractivity contribution >= 4 is 5.91 Å². The molecule has 2 unspecified atom stereocenters. The fourth-order valence-corrected chi connectivity index (χ4v) is 5.31. The number of hydrogen-bond acceptors (Lipinski definition) is 4. The molecule has 0 N–H and O–H groups in total. The number of hydrogen-bond donors (Lipinski definition) is 0. The number of aromatic nitrogens is 2. The minimum atomic E-state index is -1.10. The summed E-state index contributed by atoms with van der Waals surface area (Å²) in [6, 6.07) is 5.73. The fourth-order valence-electron chi connectivity index (χ4n) is 5.31. The highest BCUT2D eigenvalue weighted by atomic mass is 19.1. The molecule has 2 aromatic rings. The van der Waals surface area contributed by atoms with Gasteiger partial charge in [0.1, 0.15) is 12.0 Å². The lowest BCUT2D eigenvalue weighted by Crippen LogP contribution is -2.69. The molecule has 0 spiro atoms. The molecule has 2 heterocycles. The van der Waals surface area contributed by atoms with Crippen molar-refractivity contribution in [3.63, 3.8) is 0 Å². The number of carbonyl (C=O) groups excluding carboxylic acids is 1. The predicted molar refractivity (Wildman–Crippen MR) is 96.6 cm³/mol. The van der Waals surface area contributed by atoms with Crippen LogP contribution in [0.3, 0.4) is 0 Å². The third kappa shape index (κ3) is 3.05. The summed E-state index contributed by atoms with van der Waals surface area (Å²) < 4.78 is 46.2. The number of ether oxygens (including phenoxy) is 1. The van der Waals surface area contributed by atoms with Crippen LogP contribution in [-0.2, 0) is 4.79 Å². The van der Waals surface area contributed by atoms with Crippen LogP contribution in [0.1, 0.15) is 37.3 Å². The minimum absolute atomic E-state index is 0.0492. The summed E-state index contributed by atoms with van der Waals surface area (Å²) >= 11 is 0. The number of amides is 1. The summed E-state index contributed by atoms with van der Waals surface area (Å²) in [7, 11) is 0. The quantitative estimate of drug-likeness (QED) is 0.765. The average molecular weight is 403 g/mol. The Balaban J connectivity index is 1.23. The molecule has 1 aromatic carbocycles. The zero-order valence-corrected chi connectivity index (χ0v) is 15.7. The van der Waals surface area contributed by atoms with Crippen molar-refractivity contribution < 1.29 is 22.7 Å². The fraction of sp³-hybridized carbons (Fsp3) is 0.476. The molecule has 3 saturated carbocycles. The molecule has 6 rings (SSSR count). The van der Waals surface area contributed by atoms with Gasteiger partial charge in [-0.3, -0.25) is 4.79 Å². The number of benzene rings is 1. The van der Waals surface area contributed by atoms with E-state index < -0.39 is 23.4 Å². The number of nitrogens with zero attached hydrogens (tertiary/aromatic N) is 3. The van der Waals surface area contributed by atoms with Crippen LogP contribution < -0.4 is 4.74 Å². The van der Waals surface area contributed by atoms with E-state index in [-0.39, 0.29) is 36.1 Å². The van der Waals surface area contributed by atoms with E-state index in [0.29, 0.717) is 31.4 Å². The molecule has 1 amide bonds. The predicted octanol–water partition coefficient (Wildman–Crippen LogP) is 3.62. The van der Waals surface area contributed by atoms with Gasteiger partial charge in [-0.25, -0.2) is 23.1 Å². The Kier molecular flexibility index (Phi) is 4.08. The summed E-state index contributed by atoms with van der Waals surface area (Å²) in [5, 5.41) is 0. The monoisotopic (exact) mass is 403 g/mol. The summed E-state index contributed by atoms with van der Waals surface area (Å²) in [6.45, 7) is 0.418. The first-order valence-electron chi connectivity index (χ1n) is 9.69. The summed E-state index contributed by atoms with van der Waals surface area (Å²) in [5.41, 5.74) is 0.0656. The number of likely N-dealkylation sites (tertiary alicyclic amines) is 1. The Morgan fingerprint density at radius 3 is 2.59 bits per heavy atom. The largest absolute Gasteiger partial charge is 0.463 e. The van der Waals surface area contributed by atoms with Crippen LogP contribution in [0.2, 0.25) is 0 Å². The molecular weight excluding hydrogens is 383 g/mol.